The predicted octanol–water partition coefficient (Wildman–Crippen LogP) is 0.641. The average molecular weight is 123 g/mol. The molecule has 0 radical (unpaired) electrons. The van der Waals surface area contributed by atoms with Gasteiger partial charge in [-0.1, -0.05) is 0 Å². The summed E-state index contributed by atoms with van der Waals surface area (Å²) in [6, 6.07) is 0. The van der Waals surface area contributed by atoms with Crippen LogP contribution in [0, 0.1) is 0 Å². The summed E-state index contributed by atoms with van der Waals surface area (Å²) in [6.07, 6.45) is 6.46. The minimum atomic E-state index is 0.292. The number of carbonyl (C=O) groups is 1. The van der Waals surface area contributed by atoms with Crippen LogP contribution in [0.15, 0.2) is 29.3 Å². The first-order valence-corrected chi connectivity index (χ1v) is 2.43. The van der Waals surface area contributed by atoms with Crippen LogP contribution in [-0.2, 0) is 9.53 Å². The number of hydrogen-bond donors (Lipinski definition) is 0. The third kappa shape index (κ3) is 1.53. The largest absolute Gasteiger partial charge is 0.470 e. The van der Waals surface area contributed by atoms with E-state index in [1.807, 2.05) is 0 Å². The highest BCUT2D eigenvalue weighted by atomic mass is 16.5. The first-order chi connectivity index (χ1) is 4.43. The van der Waals surface area contributed by atoms with Crippen LogP contribution >= 0.6 is 0 Å². The molecule has 0 aromatic heterocycles. The first-order valence-electron chi connectivity index (χ1n) is 2.43. The van der Waals surface area contributed by atoms with E-state index in [0.29, 0.717) is 12.0 Å². The van der Waals surface area contributed by atoms with Gasteiger partial charge in [-0.05, 0) is 6.08 Å². The van der Waals surface area contributed by atoms with Crippen molar-refractivity contribution in [3.8, 4) is 0 Å². The Hall–Kier alpha value is -1.38. The third-order valence-corrected chi connectivity index (χ3v) is 0.776. The van der Waals surface area contributed by atoms with Crippen molar-refractivity contribution in [2.45, 2.75) is 0 Å². The Morgan fingerprint density at radius 1 is 1.67 bits per heavy atom. The lowest BCUT2D eigenvalue weighted by atomic mass is 10.5. The molecule has 0 saturated carbocycles. The second-order valence-electron chi connectivity index (χ2n) is 1.40. The predicted molar refractivity (Wildman–Crippen MR) is 32.9 cm³/mol. The van der Waals surface area contributed by atoms with Gasteiger partial charge in [-0.15, -0.1) is 0 Å². The molecule has 3 heteroatoms. The smallest absolute Gasteiger partial charge is 0.171 e. The SMILES string of the molecule is O=CC1=COC=CC=N1. The van der Waals surface area contributed by atoms with Crippen LogP contribution in [0.1, 0.15) is 0 Å². The standard InChI is InChI=1S/C6H5NO2/c8-4-6-5-9-3-1-2-7-6/h1-5H. The van der Waals surface area contributed by atoms with Crippen molar-refractivity contribution in [1.82, 2.24) is 0 Å². The van der Waals surface area contributed by atoms with Crippen molar-refractivity contribution >= 4 is 12.5 Å². The van der Waals surface area contributed by atoms with Gasteiger partial charge in [0.05, 0.1) is 6.26 Å². The minimum absolute atomic E-state index is 0.292. The van der Waals surface area contributed by atoms with Gasteiger partial charge in [-0.25, -0.2) is 0 Å². The van der Waals surface area contributed by atoms with E-state index >= 15 is 0 Å². The van der Waals surface area contributed by atoms with Crippen molar-refractivity contribution in [2.75, 3.05) is 0 Å². The second kappa shape index (κ2) is 2.81. The molecule has 0 aliphatic carbocycles. The van der Waals surface area contributed by atoms with E-state index in [9.17, 15) is 4.79 Å². The molecule has 0 amide bonds. The average Bonchev–Trinajstić information content (AvgIpc) is 2.13. The molecule has 0 bridgehead atoms. The second-order valence-corrected chi connectivity index (χ2v) is 1.40. The summed E-state index contributed by atoms with van der Waals surface area (Å²) in [6.45, 7) is 0. The van der Waals surface area contributed by atoms with Crippen LogP contribution in [0.25, 0.3) is 0 Å². The Morgan fingerprint density at radius 3 is 3.33 bits per heavy atom. The summed E-state index contributed by atoms with van der Waals surface area (Å²) in [5, 5.41) is 0. The van der Waals surface area contributed by atoms with Gasteiger partial charge in [-0.3, -0.25) is 9.79 Å². The van der Waals surface area contributed by atoms with Crippen LogP contribution < -0.4 is 0 Å². The zero-order valence-corrected chi connectivity index (χ0v) is 4.65. The molecule has 0 aromatic carbocycles. The summed E-state index contributed by atoms with van der Waals surface area (Å²) < 4.78 is 4.70. The zero-order valence-electron chi connectivity index (χ0n) is 4.65. The van der Waals surface area contributed by atoms with E-state index in [1.165, 1.54) is 18.7 Å². The van der Waals surface area contributed by atoms with Gasteiger partial charge in [0.15, 0.2) is 6.29 Å². The van der Waals surface area contributed by atoms with Crippen molar-refractivity contribution in [1.29, 1.82) is 0 Å². The maximum atomic E-state index is 10.0. The minimum Gasteiger partial charge on any atom is -0.470 e. The topological polar surface area (TPSA) is 38.7 Å². The normalized spacial score (nSPS) is 15.8. The van der Waals surface area contributed by atoms with Crippen molar-refractivity contribution in [3.05, 3.63) is 24.3 Å². The number of allylic oxidation sites excluding steroid dienone is 2. The molecule has 9 heavy (non-hydrogen) atoms. The van der Waals surface area contributed by atoms with Crippen LogP contribution in [0.4, 0.5) is 0 Å². The van der Waals surface area contributed by atoms with Crippen LogP contribution in [0.3, 0.4) is 0 Å². The highest BCUT2D eigenvalue weighted by Gasteiger charge is 1.89. The van der Waals surface area contributed by atoms with E-state index in [4.69, 9.17) is 4.74 Å². The van der Waals surface area contributed by atoms with Gasteiger partial charge in [0, 0.05) is 6.21 Å². The Balaban J connectivity index is 2.74. The lowest BCUT2D eigenvalue weighted by Crippen LogP contribution is -1.77. The number of carbonyl (C=O) groups excluding carboxylic acids is 1. The fourth-order valence-corrected chi connectivity index (χ4v) is 0.407. The van der Waals surface area contributed by atoms with Crippen molar-refractivity contribution in [2.24, 2.45) is 4.99 Å². The molecule has 1 rings (SSSR count). The summed E-state index contributed by atoms with van der Waals surface area (Å²) in [7, 11) is 0. The maximum absolute atomic E-state index is 10.0. The fraction of sp³-hybridized carbons (Fsp3) is 0. The molecule has 0 atom stereocenters. The number of rotatable bonds is 1. The third-order valence-electron chi connectivity index (χ3n) is 0.776. The summed E-state index contributed by atoms with van der Waals surface area (Å²) >= 11 is 0. The van der Waals surface area contributed by atoms with E-state index in [1.54, 1.807) is 6.08 Å². The molecule has 1 aliphatic rings. The lowest BCUT2D eigenvalue weighted by molar-refractivity contribution is -0.105. The molecule has 0 unspecified atom stereocenters. The molecule has 0 aromatic rings. The van der Waals surface area contributed by atoms with E-state index in [0.717, 1.165) is 0 Å². The summed E-state index contributed by atoms with van der Waals surface area (Å²) in [4.78, 5) is 13.7. The van der Waals surface area contributed by atoms with Gasteiger partial charge in [0.25, 0.3) is 0 Å². The molecule has 3 nitrogen and oxygen atoms in total. The van der Waals surface area contributed by atoms with Gasteiger partial charge in [0.1, 0.15) is 12.0 Å². The molecule has 1 heterocycles. The Morgan fingerprint density at radius 2 is 2.56 bits per heavy atom. The van der Waals surface area contributed by atoms with Crippen molar-refractivity contribution < 1.29 is 9.53 Å². The van der Waals surface area contributed by atoms with Gasteiger partial charge in [-0.2, -0.15) is 0 Å². The van der Waals surface area contributed by atoms with Crippen LogP contribution in [0.2, 0.25) is 0 Å². The highest BCUT2D eigenvalue weighted by molar-refractivity contribution is 5.80. The van der Waals surface area contributed by atoms with Gasteiger partial charge in [0.2, 0.25) is 0 Å². The van der Waals surface area contributed by atoms with E-state index in [2.05, 4.69) is 4.99 Å². The molecule has 46 valence electrons. The molecule has 0 spiro atoms. The Bertz CT molecular complexity index is 191. The lowest BCUT2D eigenvalue weighted by Gasteiger charge is -1.84. The molecule has 0 saturated heterocycles. The van der Waals surface area contributed by atoms with Gasteiger partial charge < -0.3 is 4.74 Å². The molecule has 1 aliphatic heterocycles. The number of hydrogen-bond acceptors (Lipinski definition) is 3. The number of aldehydes is 1. The van der Waals surface area contributed by atoms with Crippen LogP contribution in [0.5, 0.6) is 0 Å². The molecule has 0 N–H and O–H groups in total. The maximum Gasteiger partial charge on any atom is 0.171 e. The zero-order chi connectivity index (χ0) is 6.53. The molecular formula is C6H5NO2. The number of aliphatic imine (C=N–C) groups is 1. The summed E-state index contributed by atoms with van der Waals surface area (Å²) in [5.74, 6) is 0. The van der Waals surface area contributed by atoms with Crippen molar-refractivity contribution in [3.63, 3.8) is 0 Å². The van der Waals surface area contributed by atoms with Gasteiger partial charge >= 0.3 is 0 Å². The van der Waals surface area contributed by atoms with E-state index < -0.39 is 0 Å². The molecule has 0 fully saturated rings. The monoisotopic (exact) mass is 123 g/mol. The fourth-order valence-electron chi connectivity index (χ4n) is 0.407. The number of ether oxygens (including phenoxy) is 1. The summed E-state index contributed by atoms with van der Waals surface area (Å²) in [5.41, 5.74) is 0.292. The van der Waals surface area contributed by atoms with Crippen LogP contribution in [-0.4, -0.2) is 12.5 Å². The van der Waals surface area contributed by atoms with E-state index in [-0.39, 0.29) is 0 Å². The number of nitrogens with zero attached hydrogens (tertiary/aromatic N) is 1. The highest BCUT2D eigenvalue weighted by Crippen LogP contribution is 1.95. The Labute approximate surface area is 52.3 Å². The molecular weight excluding hydrogens is 118 g/mol. The Kier molecular flexibility index (Phi) is 1.80. The quantitative estimate of drug-likeness (QED) is 0.480. The first kappa shape index (κ1) is 5.75.